The fourth-order valence-electron chi connectivity index (χ4n) is 1.15. The van der Waals surface area contributed by atoms with E-state index in [1.54, 1.807) is 0 Å². The summed E-state index contributed by atoms with van der Waals surface area (Å²) in [4.78, 5) is 30.0. The Balaban J connectivity index is 3.36. The summed E-state index contributed by atoms with van der Waals surface area (Å²) in [7, 11) is 0. The first-order valence-corrected chi connectivity index (χ1v) is 4.24. The topological polar surface area (TPSA) is 150 Å². The van der Waals surface area contributed by atoms with E-state index >= 15 is 0 Å². The number of carbonyl (C=O) groups excluding carboxylic acids is 1. The van der Waals surface area contributed by atoms with Gasteiger partial charge in [0.05, 0.1) is 15.9 Å². The van der Waals surface area contributed by atoms with Crippen LogP contribution in [0.4, 0.5) is 11.4 Å². The van der Waals surface area contributed by atoms with Crippen LogP contribution >= 0.6 is 0 Å². The maximum atomic E-state index is 10.7. The van der Waals surface area contributed by atoms with Gasteiger partial charge in [0.2, 0.25) is 0 Å². The quantitative estimate of drug-likeness (QED) is 0.560. The van der Waals surface area contributed by atoms with Gasteiger partial charge in [0.15, 0.2) is 6.10 Å². The lowest BCUT2D eigenvalue weighted by Gasteiger charge is -2.06. The number of hydrogen-bond acceptors (Lipinski definition) is 6. The number of nitrogens with zero attached hydrogens (tertiary/aromatic N) is 2. The second-order valence-corrected chi connectivity index (χ2v) is 3.10. The van der Waals surface area contributed by atoms with Crippen LogP contribution in [0.2, 0.25) is 0 Å². The molecule has 0 radical (unpaired) electrons. The lowest BCUT2D eigenvalue weighted by molar-refractivity contribution is -0.394. The Morgan fingerprint density at radius 3 is 1.88 bits per heavy atom. The van der Waals surface area contributed by atoms with Crippen molar-refractivity contribution in [2.24, 2.45) is 5.73 Å². The number of benzene rings is 1. The molecular formula is C8H7N3O6. The zero-order valence-electron chi connectivity index (χ0n) is 8.27. The van der Waals surface area contributed by atoms with Gasteiger partial charge in [0, 0.05) is 17.7 Å². The Hall–Kier alpha value is -2.55. The van der Waals surface area contributed by atoms with Crippen molar-refractivity contribution in [3.63, 3.8) is 0 Å². The number of nitrogens with two attached hydrogens (primary N) is 1. The van der Waals surface area contributed by atoms with Gasteiger partial charge >= 0.3 is 0 Å². The smallest absolute Gasteiger partial charge is 0.276 e. The molecule has 0 saturated carbocycles. The zero-order chi connectivity index (χ0) is 13.2. The molecule has 0 aliphatic heterocycles. The molecule has 0 saturated heterocycles. The van der Waals surface area contributed by atoms with Crippen LogP contribution in [-0.2, 0) is 4.79 Å². The molecule has 1 aromatic carbocycles. The van der Waals surface area contributed by atoms with Crippen molar-refractivity contribution in [2.45, 2.75) is 6.10 Å². The standard InChI is InChI=1S/C8H7N3O6/c9-8(13)7(12)4-1-5(10(14)15)3-6(2-4)11(16)17/h1-3,7,12H,(H2,9,13). The van der Waals surface area contributed by atoms with Crippen molar-refractivity contribution in [2.75, 3.05) is 0 Å². The Kier molecular flexibility index (Phi) is 3.34. The lowest BCUT2D eigenvalue weighted by atomic mass is 10.1. The Morgan fingerprint density at radius 1 is 1.18 bits per heavy atom. The van der Waals surface area contributed by atoms with Gasteiger partial charge in [-0.1, -0.05) is 0 Å². The van der Waals surface area contributed by atoms with E-state index in [-0.39, 0.29) is 5.56 Å². The summed E-state index contributed by atoms with van der Waals surface area (Å²) < 4.78 is 0. The van der Waals surface area contributed by atoms with Crippen molar-refractivity contribution in [3.8, 4) is 0 Å². The minimum absolute atomic E-state index is 0.293. The molecule has 1 aromatic rings. The van der Waals surface area contributed by atoms with Gasteiger partial charge in [-0.05, 0) is 0 Å². The minimum atomic E-state index is -1.83. The third-order valence-corrected chi connectivity index (χ3v) is 1.93. The first-order chi connectivity index (χ1) is 7.82. The van der Waals surface area contributed by atoms with Gasteiger partial charge in [-0.2, -0.15) is 0 Å². The Bertz CT molecular complexity index is 468. The van der Waals surface area contributed by atoms with Crippen LogP contribution in [0.3, 0.4) is 0 Å². The van der Waals surface area contributed by atoms with E-state index in [1.165, 1.54) is 0 Å². The second kappa shape index (κ2) is 4.53. The summed E-state index contributed by atoms with van der Waals surface area (Å²) >= 11 is 0. The monoisotopic (exact) mass is 241 g/mol. The molecule has 1 atom stereocenters. The first-order valence-electron chi connectivity index (χ1n) is 4.24. The van der Waals surface area contributed by atoms with Crippen LogP contribution in [0.15, 0.2) is 18.2 Å². The van der Waals surface area contributed by atoms with E-state index in [4.69, 9.17) is 5.73 Å². The minimum Gasteiger partial charge on any atom is -0.378 e. The number of aliphatic hydroxyl groups excluding tert-OH is 1. The number of nitro benzene ring substituents is 2. The van der Waals surface area contributed by atoms with Crippen molar-refractivity contribution < 1.29 is 19.7 Å². The number of amides is 1. The highest BCUT2D eigenvalue weighted by Crippen LogP contribution is 2.26. The molecule has 0 bridgehead atoms. The van der Waals surface area contributed by atoms with Crippen molar-refractivity contribution >= 4 is 17.3 Å². The largest absolute Gasteiger partial charge is 0.378 e. The first kappa shape index (κ1) is 12.5. The fraction of sp³-hybridized carbons (Fsp3) is 0.125. The molecule has 9 heteroatoms. The van der Waals surface area contributed by atoms with E-state index in [2.05, 4.69) is 0 Å². The molecule has 1 unspecified atom stereocenters. The van der Waals surface area contributed by atoms with Crippen LogP contribution < -0.4 is 5.73 Å². The highest BCUT2D eigenvalue weighted by atomic mass is 16.6. The Morgan fingerprint density at radius 2 is 1.59 bits per heavy atom. The second-order valence-electron chi connectivity index (χ2n) is 3.10. The summed E-state index contributed by atoms with van der Waals surface area (Å²) in [6, 6.07) is 2.42. The summed E-state index contributed by atoms with van der Waals surface area (Å²) in [5.41, 5.74) is 3.29. The molecule has 0 heterocycles. The van der Waals surface area contributed by atoms with E-state index in [0.29, 0.717) is 0 Å². The van der Waals surface area contributed by atoms with E-state index in [9.17, 15) is 30.1 Å². The average molecular weight is 241 g/mol. The molecule has 0 spiro atoms. The molecule has 0 aromatic heterocycles. The van der Waals surface area contributed by atoms with Gasteiger partial charge in [-0.3, -0.25) is 25.0 Å². The van der Waals surface area contributed by atoms with Crippen molar-refractivity contribution in [1.82, 2.24) is 0 Å². The van der Waals surface area contributed by atoms with Gasteiger partial charge in [-0.15, -0.1) is 0 Å². The van der Waals surface area contributed by atoms with Crippen LogP contribution in [-0.4, -0.2) is 20.9 Å². The van der Waals surface area contributed by atoms with Crippen molar-refractivity contribution in [1.29, 1.82) is 0 Å². The summed E-state index contributed by atoms with van der Waals surface area (Å²) in [6.07, 6.45) is -1.83. The highest BCUT2D eigenvalue weighted by molar-refractivity contribution is 5.80. The van der Waals surface area contributed by atoms with Gasteiger partial charge < -0.3 is 10.8 Å². The lowest BCUT2D eigenvalue weighted by Crippen LogP contribution is -2.21. The van der Waals surface area contributed by atoms with Gasteiger partial charge in [0.25, 0.3) is 17.3 Å². The molecule has 90 valence electrons. The predicted octanol–water partition coefficient (Wildman–Crippen LogP) is 0.0217. The normalized spacial score (nSPS) is 11.8. The zero-order valence-corrected chi connectivity index (χ0v) is 8.27. The molecular weight excluding hydrogens is 234 g/mol. The number of hydrogen-bond donors (Lipinski definition) is 2. The number of non-ortho nitro benzene ring substituents is 2. The van der Waals surface area contributed by atoms with Crippen LogP contribution in [0.5, 0.6) is 0 Å². The Labute approximate surface area is 93.8 Å². The number of carbonyl (C=O) groups is 1. The van der Waals surface area contributed by atoms with Crippen LogP contribution in [0.1, 0.15) is 11.7 Å². The summed E-state index contributed by atoms with van der Waals surface area (Å²) in [5.74, 6) is -1.15. The molecule has 1 rings (SSSR count). The summed E-state index contributed by atoms with van der Waals surface area (Å²) in [6.45, 7) is 0. The molecule has 0 aliphatic rings. The van der Waals surface area contributed by atoms with E-state index in [1.807, 2.05) is 0 Å². The number of rotatable bonds is 4. The maximum Gasteiger partial charge on any atom is 0.276 e. The molecule has 0 fully saturated rings. The number of aliphatic hydroxyl groups is 1. The average Bonchev–Trinajstić information content (AvgIpc) is 2.27. The third kappa shape index (κ3) is 2.72. The molecule has 0 aliphatic carbocycles. The molecule has 9 nitrogen and oxygen atoms in total. The van der Waals surface area contributed by atoms with E-state index < -0.39 is 33.2 Å². The van der Waals surface area contributed by atoms with Crippen molar-refractivity contribution in [3.05, 3.63) is 44.0 Å². The molecule has 3 N–H and O–H groups in total. The third-order valence-electron chi connectivity index (χ3n) is 1.93. The number of nitro groups is 2. The molecule has 1 amide bonds. The predicted molar refractivity (Wildman–Crippen MR) is 53.9 cm³/mol. The maximum absolute atomic E-state index is 10.7. The fourth-order valence-corrected chi connectivity index (χ4v) is 1.15. The SMILES string of the molecule is NC(=O)C(O)c1cc([N+](=O)[O-])cc([N+](=O)[O-])c1. The van der Waals surface area contributed by atoms with Gasteiger partial charge in [-0.25, -0.2) is 0 Å². The molecule has 17 heavy (non-hydrogen) atoms. The number of primary amides is 1. The van der Waals surface area contributed by atoms with Crippen LogP contribution in [0, 0.1) is 20.2 Å². The summed E-state index contributed by atoms with van der Waals surface area (Å²) in [5, 5.41) is 30.3. The van der Waals surface area contributed by atoms with Gasteiger partial charge in [0.1, 0.15) is 0 Å². The van der Waals surface area contributed by atoms with E-state index in [0.717, 1.165) is 18.2 Å². The highest BCUT2D eigenvalue weighted by Gasteiger charge is 2.22. The van der Waals surface area contributed by atoms with Crippen LogP contribution in [0.25, 0.3) is 0 Å².